The summed E-state index contributed by atoms with van der Waals surface area (Å²) in [6.07, 6.45) is 6.10. The van der Waals surface area contributed by atoms with E-state index in [4.69, 9.17) is 0 Å². The molecule has 0 aliphatic carbocycles. The van der Waals surface area contributed by atoms with Crippen LogP contribution in [0.3, 0.4) is 0 Å². The first-order valence-corrected chi connectivity index (χ1v) is 10.0. The number of aromatic amines is 1. The predicted octanol–water partition coefficient (Wildman–Crippen LogP) is 4.04. The number of rotatable bonds is 8. The second-order valence-electron chi connectivity index (χ2n) is 7.71. The van der Waals surface area contributed by atoms with Crippen LogP contribution in [0.1, 0.15) is 18.4 Å². The largest absolute Gasteiger partial charge is 0.361 e. The highest BCUT2D eigenvalue weighted by Crippen LogP contribution is 2.21. The Morgan fingerprint density at radius 1 is 1.21 bits per heavy atom. The van der Waals surface area contributed by atoms with Crippen LogP contribution in [0.5, 0.6) is 0 Å². The molecule has 0 fully saturated rings. The van der Waals surface area contributed by atoms with E-state index in [1.807, 2.05) is 48.9 Å². The molecule has 150 valence electrons. The molecule has 0 saturated carbocycles. The number of carbonyl (C=O) groups is 1. The second-order valence-corrected chi connectivity index (χ2v) is 7.71. The van der Waals surface area contributed by atoms with Crippen molar-refractivity contribution in [2.45, 2.75) is 25.8 Å². The first-order valence-electron chi connectivity index (χ1n) is 10.0. The Kier molecular flexibility index (Phi) is 5.62. The van der Waals surface area contributed by atoms with Crippen LogP contribution in [0.2, 0.25) is 0 Å². The van der Waals surface area contributed by atoms with E-state index in [1.54, 1.807) is 0 Å². The molecule has 2 N–H and O–H groups in total. The third-order valence-electron chi connectivity index (χ3n) is 5.21. The van der Waals surface area contributed by atoms with Gasteiger partial charge in [0.15, 0.2) is 0 Å². The number of H-pyrrole nitrogens is 1. The van der Waals surface area contributed by atoms with E-state index in [2.05, 4.69) is 44.9 Å². The van der Waals surface area contributed by atoms with Crippen molar-refractivity contribution in [3.63, 3.8) is 0 Å². The third-order valence-corrected chi connectivity index (χ3v) is 5.21. The zero-order chi connectivity index (χ0) is 20.2. The molecule has 0 aliphatic rings. The molecule has 2 aromatic heterocycles. The fourth-order valence-electron chi connectivity index (χ4n) is 3.69. The molecule has 6 nitrogen and oxygen atoms in total. The van der Waals surface area contributed by atoms with Gasteiger partial charge in [-0.25, -0.2) is 4.98 Å². The van der Waals surface area contributed by atoms with Gasteiger partial charge in [-0.15, -0.1) is 0 Å². The maximum absolute atomic E-state index is 12.4. The average Bonchev–Trinajstić information content (AvgIpc) is 3.30. The molecule has 1 amide bonds. The molecule has 4 aromatic rings. The number of fused-ring (bicyclic) bond motifs is 2. The summed E-state index contributed by atoms with van der Waals surface area (Å²) in [5.74, 6) is 0.0139. The van der Waals surface area contributed by atoms with Gasteiger partial charge in [0.05, 0.1) is 17.4 Å². The quantitative estimate of drug-likeness (QED) is 0.478. The topological polar surface area (TPSA) is 66.0 Å². The van der Waals surface area contributed by atoms with E-state index in [0.29, 0.717) is 12.8 Å². The summed E-state index contributed by atoms with van der Waals surface area (Å²) >= 11 is 0. The summed E-state index contributed by atoms with van der Waals surface area (Å²) < 4.78 is 2.17. The van der Waals surface area contributed by atoms with E-state index < -0.39 is 0 Å². The van der Waals surface area contributed by atoms with Gasteiger partial charge in [0.25, 0.3) is 0 Å². The SMILES string of the molecule is CN(C)CCCn1cnc2cc(NC(=O)CCc3c[nH]c4ccccc34)ccc21. The predicted molar refractivity (Wildman–Crippen MR) is 118 cm³/mol. The smallest absolute Gasteiger partial charge is 0.224 e. The van der Waals surface area contributed by atoms with Crippen molar-refractivity contribution < 1.29 is 4.79 Å². The number of aromatic nitrogens is 3. The van der Waals surface area contributed by atoms with Crippen molar-refractivity contribution in [3.8, 4) is 0 Å². The van der Waals surface area contributed by atoms with Gasteiger partial charge >= 0.3 is 0 Å². The van der Waals surface area contributed by atoms with E-state index in [-0.39, 0.29) is 5.91 Å². The molecular weight excluding hydrogens is 362 g/mol. The first-order chi connectivity index (χ1) is 14.1. The van der Waals surface area contributed by atoms with Crippen LogP contribution in [-0.2, 0) is 17.8 Å². The minimum atomic E-state index is 0.0139. The first kappa shape index (κ1) is 19.2. The van der Waals surface area contributed by atoms with Gasteiger partial charge in [0.2, 0.25) is 5.91 Å². The molecule has 0 unspecified atom stereocenters. The number of benzene rings is 2. The van der Waals surface area contributed by atoms with Gasteiger partial charge in [-0.3, -0.25) is 4.79 Å². The lowest BCUT2D eigenvalue weighted by Crippen LogP contribution is -2.14. The molecule has 2 aromatic carbocycles. The van der Waals surface area contributed by atoms with E-state index in [0.717, 1.165) is 41.7 Å². The summed E-state index contributed by atoms with van der Waals surface area (Å²) in [6.45, 7) is 1.98. The minimum Gasteiger partial charge on any atom is -0.361 e. The molecule has 6 heteroatoms. The Hall–Kier alpha value is -3.12. The minimum absolute atomic E-state index is 0.0139. The van der Waals surface area contributed by atoms with Gasteiger partial charge in [0, 0.05) is 35.8 Å². The van der Waals surface area contributed by atoms with Crippen LogP contribution in [0.4, 0.5) is 5.69 Å². The van der Waals surface area contributed by atoms with Crippen molar-refractivity contribution in [1.29, 1.82) is 0 Å². The van der Waals surface area contributed by atoms with Crippen molar-refractivity contribution >= 4 is 33.5 Å². The van der Waals surface area contributed by atoms with Crippen molar-refractivity contribution in [1.82, 2.24) is 19.4 Å². The standard InChI is InChI=1S/C23H27N5O/c1-27(2)12-5-13-28-16-25-21-14-18(9-10-22(21)28)26-23(29)11-8-17-15-24-20-7-4-3-6-19(17)20/h3-4,6-7,9-10,14-16,24H,5,8,11-13H2,1-2H3,(H,26,29). The molecule has 2 heterocycles. The Morgan fingerprint density at radius 2 is 2.07 bits per heavy atom. The third kappa shape index (κ3) is 4.49. The zero-order valence-electron chi connectivity index (χ0n) is 17.0. The van der Waals surface area contributed by atoms with Crippen molar-refractivity contribution in [2.24, 2.45) is 0 Å². The van der Waals surface area contributed by atoms with Crippen LogP contribution in [0, 0.1) is 0 Å². The summed E-state index contributed by atoms with van der Waals surface area (Å²) in [4.78, 5) is 22.4. The molecule has 0 radical (unpaired) electrons. The number of nitrogens with zero attached hydrogens (tertiary/aromatic N) is 3. The fraction of sp³-hybridized carbons (Fsp3) is 0.304. The van der Waals surface area contributed by atoms with Crippen LogP contribution < -0.4 is 5.32 Å². The highest BCUT2D eigenvalue weighted by Gasteiger charge is 2.09. The Morgan fingerprint density at radius 3 is 2.93 bits per heavy atom. The number of nitrogens with one attached hydrogen (secondary N) is 2. The summed E-state index contributed by atoms with van der Waals surface area (Å²) in [7, 11) is 4.17. The summed E-state index contributed by atoms with van der Waals surface area (Å²) in [6, 6.07) is 14.1. The number of amides is 1. The van der Waals surface area contributed by atoms with Crippen LogP contribution in [0.25, 0.3) is 21.9 Å². The molecule has 0 atom stereocenters. The van der Waals surface area contributed by atoms with Gasteiger partial charge in [-0.2, -0.15) is 0 Å². The summed E-state index contributed by atoms with van der Waals surface area (Å²) in [5, 5.41) is 4.19. The van der Waals surface area contributed by atoms with Gasteiger partial charge in [-0.1, -0.05) is 18.2 Å². The second kappa shape index (κ2) is 8.49. The van der Waals surface area contributed by atoms with Crippen LogP contribution in [-0.4, -0.2) is 46.0 Å². The molecule has 0 aliphatic heterocycles. The molecule has 0 saturated heterocycles. The van der Waals surface area contributed by atoms with Crippen LogP contribution in [0.15, 0.2) is 55.0 Å². The maximum Gasteiger partial charge on any atom is 0.224 e. The zero-order valence-corrected chi connectivity index (χ0v) is 17.0. The average molecular weight is 390 g/mol. The molecule has 4 rings (SSSR count). The number of hydrogen-bond acceptors (Lipinski definition) is 3. The van der Waals surface area contributed by atoms with Crippen molar-refractivity contribution in [2.75, 3.05) is 26.0 Å². The normalized spacial score (nSPS) is 11.6. The highest BCUT2D eigenvalue weighted by molar-refractivity contribution is 5.93. The lowest BCUT2D eigenvalue weighted by atomic mass is 10.1. The monoisotopic (exact) mass is 389 g/mol. The number of imidazole rings is 1. The number of aryl methyl sites for hydroxylation is 2. The van der Waals surface area contributed by atoms with Crippen LogP contribution >= 0.6 is 0 Å². The maximum atomic E-state index is 12.4. The lowest BCUT2D eigenvalue weighted by Gasteiger charge is -2.10. The Balaban J connectivity index is 1.36. The van der Waals surface area contributed by atoms with E-state index >= 15 is 0 Å². The van der Waals surface area contributed by atoms with E-state index in [1.165, 1.54) is 10.9 Å². The Bertz CT molecular complexity index is 1120. The summed E-state index contributed by atoms with van der Waals surface area (Å²) in [5.41, 5.74) is 5.07. The number of hydrogen-bond donors (Lipinski definition) is 2. The fourth-order valence-corrected chi connectivity index (χ4v) is 3.69. The molecule has 0 bridgehead atoms. The molecule has 0 spiro atoms. The van der Waals surface area contributed by atoms with Gasteiger partial charge in [0.1, 0.15) is 0 Å². The van der Waals surface area contributed by atoms with E-state index in [9.17, 15) is 4.79 Å². The Labute approximate surface area is 170 Å². The van der Waals surface area contributed by atoms with Gasteiger partial charge in [-0.05, 0) is 63.3 Å². The number of anilines is 1. The molecule has 29 heavy (non-hydrogen) atoms. The lowest BCUT2D eigenvalue weighted by molar-refractivity contribution is -0.116. The van der Waals surface area contributed by atoms with Gasteiger partial charge < -0.3 is 19.8 Å². The van der Waals surface area contributed by atoms with Crippen molar-refractivity contribution in [3.05, 3.63) is 60.6 Å². The molecular formula is C23H27N5O. The number of carbonyl (C=O) groups excluding carboxylic acids is 1. The highest BCUT2D eigenvalue weighted by atomic mass is 16.1. The number of para-hydroxylation sites is 1.